The number of carbonyl (C=O) groups is 1. The molecular formula is C4H7NO3. The second-order valence-corrected chi connectivity index (χ2v) is 1.13. The molecule has 0 unspecified atom stereocenters. The van der Waals surface area contributed by atoms with Crippen molar-refractivity contribution in [1.82, 2.24) is 0 Å². The van der Waals surface area contributed by atoms with Gasteiger partial charge in [-0.2, -0.15) is 0 Å². The zero-order valence-corrected chi connectivity index (χ0v) is 4.26. The van der Waals surface area contributed by atoms with Crippen LogP contribution in [0.2, 0.25) is 0 Å². The van der Waals surface area contributed by atoms with Gasteiger partial charge in [-0.25, -0.2) is 0 Å². The monoisotopic (exact) mass is 117 g/mol. The first kappa shape index (κ1) is 6.94. The molecule has 0 aromatic carbocycles. The fraction of sp³-hybridized carbons (Fsp3) is 0.500. The number of nitrogens with one attached hydrogen (secondary N) is 1. The number of aliphatic carboxylic acids is 1. The van der Waals surface area contributed by atoms with E-state index in [0.717, 1.165) is 6.40 Å². The molecule has 0 saturated carbocycles. The average Bonchev–Trinajstić information content (AvgIpc) is 1.66. The number of carboxylic acid groups (broad SMARTS) is 1. The van der Waals surface area contributed by atoms with Gasteiger partial charge >= 0.3 is 5.97 Å². The van der Waals surface area contributed by atoms with E-state index in [-0.39, 0.29) is 13.0 Å². The molecule has 8 heavy (non-hydrogen) atoms. The smallest absolute Gasteiger partial charge is 0.306 e. The van der Waals surface area contributed by atoms with E-state index in [4.69, 9.17) is 10.5 Å². The van der Waals surface area contributed by atoms with Crippen molar-refractivity contribution in [2.24, 2.45) is 0 Å². The van der Waals surface area contributed by atoms with Crippen molar-refractivity contribution in [2.75, 3.05) is 6.61 Å². The largest absolute Gasteiger partial charge is 0.483 e. The van der Waals surface area contributed by atoms with E-state index in [1.807, 2.05) is 0 Å². The maximum atomic E-state index is 9.72. The van der Waals surface area contributed by atoms with Crippen molar-refractivity contribution in [3.05, 3.63) is 0 Å². The van der Waals surface area contributed by atoms with Crippen molar-refractivity contribution < 1.29 is 14.6 Å². The maximum absolute atomic E-state index is 9.72. The minimum atomic E-state index is -0.910. The van der Waals surface area contributed by atoms with Gasteiger partial charge in [0.25, 0.3) is 0 Å². The van der Waals surface area contributed by atoms with Crippen molar-refractivity contribution in [1.29, 1.82) is 5.41 Å². The Morgan fingerprint density at radius 2 is 2.50 bits per heavy atom. The summed E-state index contributed by atoms with van der Waals surface area (Å²) in [5.74, 6) is -0.910. The minimum absolute atomic E-state index is 0.0463. The molecule has 0 radical (unpaired) electrons. The number of rotatable bonds is 4. The molecule has 4 nitrogen and oxygen atoms in total. The van der Waals surface area contributed by atoms with E-state index in [2.05, 4.69) is 4.74 Å². The van der Waals surface area contributed by atoms with Crippen LogP contribution in [0.1, 0.15) is 6.42 Å². The number of hydrogen-bond acceptors (Lipinski definition) is 3. The molecule has 0 fully saturated rings. The van der Waals surface area contributed by atoms with Crippen LogP contribution in [0.25, 0.3) is 0 Å². The van der Waals surface area contributed by atoms with Gasteiger partial charge in [0.1, 0.15) is 0 Å². The summed E-state index contributed by atoms with van der Waals surface area (Å²) in [7, 11) is 0. The lowest BCUT2D eigenvalue weighted by Gasteiger charge is -1.91. The average molecular weight is 117 g/mol. The Bertz CT molecular complexity index is 91.3. The first-order valence-corrected chi connectivity index (χ1v) is 2.09. The molecule has 0 atom stereocenters. The first-order valence-electron chi connectivity index (χ1n) is 2.09. The van der Waals surface area contributed by atoms with Crippen LogP contribution in [-0.2, 0) is 9.53 Å². The Balaban J connectivity index is 2.93. The van der Waals surface area contributed by atoms with Crippen LogP contribution in [0.3, 0.4) is 0 Å². The standard InChI is InChI=1S/C4H7NO3/c5-3-8-2-1-4(6)7/h3,5H,1-2H2,(H,6,7). The van der Waals surface area contributed by atoms with Crippen LogP contribution in [0.15, 0.2) is 0 Å². The van der Waals surface area contributed by atoms with E-state index < -0.39 is 5.97 Å². The second-order valence-electron chi connectivity index (χ2n) is 1.13. The third-order valence-electron chi connectivity index (χ3n) is 0.517. The van der Waals surface area contributed by atoms with Crippen molar-refractivity contribution >= 4 is 12.4 Å². The highest BCUT2D eigenvalue weighted by Crippen LogP contribution is 1.77. The Morgan fingerprint density at radius 1 is 1.88 bits per heavy atom. The second kappa shape index (κ2) is 4.11. The van der Waals surface area contributed by atoms with Crippen LogP contribution in [0, 0.1) is 5.41 Å². The van der Waals surface area contributed by atoms with Gasteiger partial charge in [0.2, 0.25) is 0 Å². The lowest BCUT2D eigenvalue weighted by molar-refractivity contribution is -0.137. The first-order chi connectivity index (χ1) is 3.77. The Morgan fingerprint density at radius 3 is 2.88 bits per heavy atom. The normalized spacial score (nSPS) is 8.00. The topological polar surface area (TPSA) is 70.4 Å². The fourth-order valence-electron chi connectivity index (χ4n) is 0.205. The van der Waals surface area contributed by atoms with Crippen molar-refractivity contribution in [2.45, 2.75) is 6.42 Å². The van der Waals surface area contributed by atoms with Gasteiger partial charge in [-0.1, -0.05) is 0 Å². The molecule has 0 amide bonds. The highest BCUT2D eigenvalue weighted by molar-refractivity contribution is 5.66. The summed E-state index contributed by atoms with van der Waals surface area (Å²) < 4.78 is 4.31. The number of ether oxygens (including phenoxy) is 1. The molecule has 0 aliphatic rings. The van der Waals surface area contributed by atoms with E-state index in [0.29, 0.717) is 0 Å². The Kier molecular flexibility index (Phi) is 3.56. The van der Waals surface area contributed by atoms with E-state index >= 15 is 0 Å². The molecule has 0 heterocycles. The van der Waals surface area contributed by atoms with E-state index in [1.54, 1.807) is 0 Å². The summed E-state index contributed by atoms with van der Waals surface area (Å²) in [6.45, 7) is 0.0822. The summed E-state index contributed by atoms with van der Waals surface area (Å²) in [5, 5.41) is 14.3. The van der Waals surface area contributed by atoms with Gasteiger partial charge in [0.05, 0.1) is 13.0 Å². The lowest BCUT2D eigenvalue weighted by Crippen LogP contribution is -2.00. The Labute approximate surface area is 46.6 Å². The molecule has 0 aromatic heterocycles. The van der Waals surface area contributed by atoms with E-state index in [1.165, 1.54) is 0 Å². The lowest BCUT2D eigenvalue weighted by atomic mass is 10.5. The van der Waals surface area contributed by atoms with Gasteiger partial charge in [-0.15, -0.1) is 0 Å². The zero-order valence-electron chi connectivity index (χ0n) is 4.26. The highest BCUT2D eigenvalue weighted by Gasteiger charge is 1.92. The molecule has 0 aliphatic heterocycles. The molecule has 2 N–H and O–H groups in total. The molecule has 0 aromatic rings. The van der Waals surface area contributed by atoms with Crippen LogP contribution in [0.4, 0.5) is 0 Å². The summed E-state index contributed by atoms with van der Waals surface area (Å²) >= 11 is 0. The number of carboxylic acids is 1. The minimum Gasteiger partial charge on any atom is -0.483 e. The molecule has 0 rings (SSSR count). The summed E-state index contributed by atoms with van der Waals surface area (Å²) in [6.07, 6.45) is 0.679. The van der Waals surface area contributed by atoms with Gasteiger partial charge in [-0.3, -0.25) is 10.2 Å². The van der Waals surface area contributed by atoms with Gasteiger partial charge < -0.3 is 9.84 Å². The quantitative estimate of drug-likeness (QED) is 0.311. The summed E-state index contributed by atoms with van der Waals surface area (Å²) in [6, 6.07) is 0. The van der Waals surface area contributed by atoms with Crippen LogP contribution in [0.5, 0.6) is 0 Å². The molecule has 4 heteroatoms. The molecule has 0 saturated heterocycles. The van der Waals surface area contributed by atoms with E-state index in [9.17, 15) is 4.79 Å². The van der Waals surface area contributed by atoms with Crippen molar-refractivity contribution in [3.63, 3.8) is 0 Å². The summed E-state index contributed by atoms with van der Waals surface area (Å²) in [5.41, 5.74) is 0. The third-order valence-corrected chi connectivity index (χ3v) is 0.517. The molecular weight excluding hydrogens is 110 g/mol. The molecule has 0 aliphatic carbocycles. The third kappa shape index (κ3) is 4.94. The van der Waals surface area contributed by atoms with Gasteiger partial charge in [0.15, 0.2) is 6.40 Å². The molecule has 0 bridgehead atoms. The SMILES string of the molecule is N=COCCC(=O)O. The molecule has 0 spiro atoms. The van der Waals surface area contributed by atoms with Crippen molar-refractivity contribution in [3.8, 4) is 0 Å². The van der Waals surface area contributed by atoms with Crippen LogP contribution >= 0.6 is 0 Å². The maximum Gasteiger partial charge on any atom is 0.306 e. The van der Waals surface area contributed by atoms with Gasteiger partial charge in [-0.05, 0) is 0 Å². The predicted octanol–water partition coefficient (Wildman–Crippen LogP) is 0.0848. The van der Waals surface area contributed by atoms with Crippen LogP contribution in [-0.4, -0.2) is 24.1 Å². The Hall–Kier alpha value is -1.06. The fourth-order valence-corrected chi connectivity index (χ4v) is 0.205. The molecule has 46 valence electrons. The predicted molar refractivity (Wildman–Crippen MR) is 27.0 cm³/mol. The number of hydrogen-bond donors (Lipinski definition) is 2. The highest BCUT2D eigenvalue weighted by atomic mass is 16.5. The van der Waals surface area contributed by atoms with Crippen LogP contribution < -0.4 is 0 Å². The van der Waals surface area contributed by atoms with Gasteiger partial charge in [0, 0.05) is 0 Å². The summed E-state index contributed by atoms with van der Waals surface area (Å²) in [4.78, 5) is 9.72. The zero-order chi connectivity index (χ0) is 6.41.